The first kappa shape index (κ1) is 58.4. The molecule has 3 heterocycles. The summed E-state index contributed by atoms with van der Waals surface area (Å²) in [5, 5.41) is 23.5. The van der Waals surface area contributed by atoms with E-state index in [2.05, 4.69) is 0 Å². The average Bonchev–Trinajstić information content (AvgIpc) is 3.30. The molecule has 15 nitrogen and oxygen atoms in total. The number of carbonyl (C=O) groups excluding carboxylic acids is 5. The second-order valence-corrected chi connectivity index (χ2v) is 23.6. The highest BCUT2D eigenvalue weighted by atomic mass is 31.2. The van der Waals surface area contributed by atoms with Gasteiger partial charge in [-0.25, -0.2) is 4.79 Å². The maximum Gasteiger partial charge on any atom is 0.329 e. The van der Waals surface area contributed by atoms with Gasteiger partial charge in [0.15, 0.2) is 13.2 Å². The lowest BCUT2D eigenvalue weighted by atomic mass is 9.78. The first-order chi connectivity index (χ1) is 32.4. The Morgan fingerprint density at radius 1 is 0.855 bits per heavy atom. The van der Waals surface area contributed by atoms with Crippen molar-refractivity contribution in [3.05, 3.63) is 47.6 Å². The highest BCUT2D eigenvalue weighted by molar-refractivity contribution is 7.57. The molecule has 1 unspecified atom stereocenters. The SMILES string of the molecule is CO[C@H]1C[C@@H]2CC[C@@H](C)[C@@](O)(O2)C(=O)C(=O)N2CCCC[C@H]2C(=O)O[C@H](C(C)C[C@@H]2CC[C@@H](OP(C)(C)=O)[C@H](OC)C2)CC(=O)[C@H](C)/C=C(\C)[C@@H](O)[C@@H](OC)C(=O)[C@H](C)C[C@H](C)/C=C/C=CC=C1C. The third-order valence-corrected chi connectivity index (χ3v) is 15.6. The minimum Gasteiger partial charge on any atom is -0.460 e. The molecule has 1 amide bonds. The molecule has 3 aliphatic heterocycles. The molecular weight excluding hydrogens is 906 g/mol. The summed E-state index contributed by atoms with van der Waals surface area (Å²) in [5.41, 5.74) is 1.25. The number of methoxy groups -OCH3 is 3. The lowest BCUT2D eigenvalue weighted by Gasteiger charge is -2.42. The van der Waals surface area contributed by atoms with Gasteiger partial charge in [0.05, 0.1) is 24.4 Å². The molecule has 0 aromatic heterocycles. The fourth-order valence-electron chi connectivity index (χ4n) is 10.5. The number of ketones is 3. The van der Waals surface area contributed by atoms with Crippen LogP contribution in [-0.4, -0.2) is 140 Å². The summed E-state index contributed by atoms with van der Waals surface area (Å²) in [4.78, 5) is 72.2. The van der Waals surface area contributed by atoms with Gasteiger partial charge < -0.3 is 43.3 Å². The number of Topliss-reactive ketones (excluding diaryl/α,β-unsaturated/α-hetero) is 3. The number of hydrogen-bond acceptors (Lipinski definition) is 14. The summed E-state index contributed by atoms with van der Waals surface area (Å²) in [6.07, 6.45) is 11.4. The van der Waals surface area contributed by atoms with Gasteiger partial charge in [0.2, 0.25) is 5.79 Å². The van der Waals surface area contributed by atoms with Crippen LogP contribution in [0.4, 0.5) is 0 Å². The van der Waals surface area contributed by atoms with E-state index in [-0.39, 0.29) is 60.9 Å². The Morgan fingerprint density at radius 2 is 1.57 bits per heavy atom. The van der Waals surface area contributed by atoms with Crippen molar-refractivity contribution >= 4 is 36.6 Å². The van der Waals surface area contributed by atoms with Crippen LogP contribution in [-0.2, 0) is 56.7 Å². The molecule has 0 radical (unpaired) electrons. The number of amides is 1. The average molecular weight is 990 g/mol. The molecule has 2 bridgehead atoms. The zero-order valence-corrected chi connectivity index (χ0v) is 44.3. The summed E-state index contributed by atoms with van der Waals surface area (Å²) in [5.74, 6) is -8.11. The van der Waals surface area contributed by atoms with Crippen LogP contribution >= 0.6 is 7.37 Å². The number of aliphatic hydroxyl groups excluding tert-OH is 1. The van der Waals surface area contributed by atoms with Gasteiger partial charge in [-0.05, 0) is 107 Å². The van der Waals surface area contributed by atoms with Crippen LogP contribution in [0.3, 0.4) is 0 Å². The Bertz CT molecular complexity index is 1940. The second kappa shape index (κ2) is 26.5. The molecule has 1 saturated carbocycles. The van der Waals surface area contributed by atoms with Crippen molar-refractivity contribution in [3.8, 4) is 0 Å². The van der Waals surface area contributed by atoms with Gasteiger partial charge in [0.25, 0.3) is 11.7 Å². The Balaban J connectivity index is 1.70. The second-order valence-electron chi connectivity index (χ2n) is 20.9. The van der Waals surface area contributed by atoms with Crippen molar-refractivity contribution in [2.75, 3.05) is 41.2 Å². The van der Waals surface area contributed by atoms with Crippen molar-refractivity contribution in [1.29, 1.82) is 0 Å². The smallest absolute Gasteiger partial charge is 0.329 e. The van der Waals surface area contributed by atoms with E-state index in [1.54, 1.807) is 54.4 Å². The number of hydrogen-bond donors (Lipinski definition) is 2. The highest BCUT2D eigenvalue weighted by Gasteiger charge is 2.53. The molecule has 2 N–H and O–H groups in total. The monoisotopic (exact) mass is 990 g/mol. The molecular formula is C53H84NO14P. The third kappa shape index (κ3) is 16.2. The quantitative estimate of drug-likeness (QED) is 0.104. The fraction of sp³-hybridized carbons (Fsp3) is 0.755. The maximum atomic E-state index is 14.5. The molecule has 4 aliphatic rings. The largest absolute Gasteiger partial charge is 0.460 e. The number of carbonyl (C=O) groups is 5. The molecule has 0 aromatic rings. The fourth-order valence-corrected chi connectivity index (χ4v) is 11.4. The van der Waals surface area contributed by atoms with Crippen molar-refractivity contribution in [2.45, 2.75) is 180 Å². The molecule has 1 aliphatic carbocycles. The van der Waals surface area contributed by atoms with Gasteiger partial charge in [-0.2, -0.15) is 0 Å². The van der Waals surface area contributed by atoms with E-state index < -0.39 is 85.1 Å². The van der Waals surface area contributed by atoms with E-state index in [0.29, 0.717) is 63.4 Å². The van der Waals surface area contributed by atoms with E-state index in [4.69, 9.17) is 28.2 Å². The van der Waals surface area contributed by atoms with Crippen molar-refractivity contribution in [3.63, 3.8) is 0 Å². The van der Waals surface area contributed by atoms with Crippen LogP contribution in [0.1, 0.15) is 126 Å². The number of cyclic esters (lactones) is 1. The number of aliphatic hydroxyl groups is 2. The molecule has 0 spiro atoms. The van der Waals surface area contributed by atoms with E-state index in [9.17, 15) is 38.8 Å². The Labute approximate surface area is 411 Å². The lowest BCUT2D eigenvalue weighted by Crippen LogP contribution is -2.61. The first-order valence-corrected chi connectivity index (χ1v) is 27.7. The van der Waals surface area contributed by atoms with Gasteiger partial charge in [0.1, 0.15) is 30.1 Å². The lowest BCUT2D eigenvalue weighted by molar-refractivity contribution is -0.265. The van der Waals surface area contributed by atoms with Crippen molar-refractivity contribution in [2.24, 2.45) is 35.5 Å². The van der Waals surface area contributed by atoms with Gasteiger partial charge >= 0.3 is 5.97 Å². The molecule has 3 fully saturated rings. The van der Waals surface area contributed by atoms with E-state index >= 15 is 0 Å². The van der Waals surface area contributed by atoms with Crippen LogP contribution in [0, 0.1) is 35.5 Å². The summed E-state index contributed by atoms with van der Waals surface area (Å²) < 4.78 is 48.2. The number of rotatable bonds is 8. The summed E-state index contributed by atoms with van der Waals surface area (Å²) >= 11 is 0. The molecule has 16 heteroatoms. The van der Waals surface area contributed by atoms with Crippen molar-refractivity contribution < 1.29 is 67.0 Å². The zero-order chi connectivity index (χ0) is 51.4. The van der Waals surface area contributed by atoms with Crippen LogP contribution in [0.15, 0.2) is 47.6 Å². The van der Waals surface area contributed by atoms with Crippen LogP contribution in [0.25, 0.3) is 0 Å². The zero-order valence-electron chi connectivity index (χ0n) is 43.4. The predicted octanol–water partition coefficient (Wildman–Crippen LogP) is 7.74. The van der Waals surface area contributed by atoms with Gasteiger partial charge in [0, 0.05) is 71.8 Å². The molecule has 69 heavy (non-hydrogen) atoms. The molecule has 15 atom stereocenters. The summed E-state index contributed by atoms with van der Waals surface area (Å²) in [6.45, 7) is 15.9. The van der Waals surface area contributed by atoms with E-state index in [1.807, 2.05) is 58.1 Å². The van der Waals surface area contributed by atoms with Gasteiger partial charge in [-0.3, -0.25) is 23.7 Å². The topological polar surface area (TPSA) is 201 Å². The number of allylic oxidation sites excluding steroid dienone is 6. The van der Waals surface area contributed by atoms with Crippen LogP contribution in [0.5, 0.6) is 0 Å². The normalized spacial score (nSPS) is 37.8. The van der Waals surface area contributed by atoms with E-state index in [1.165, 1.54) is 12.0 Å². The standard InChI is InChI=1S/C53H84NO14P/c1-32-18-14-13-15-19-33(2)44(63-8)30-40-23-21-38(7)53(61,67-40)50(58)51(59)54-25-17-16-20-41(54)52(60)66-45(35(4)28-39-22-24-43(46(29-39)64-9)68-69(11,12)62)31-42(55)34(3)27-37(6)48(57)49(65-10)47(56)36(5)26-32/h13-15,18-19,27,32,34-36,38-41,43-46,48-49,57,61H,16-17,20-26,28-31H2,1-12H3/b15-13?,18-14+,33-19?,37-27+/t32-,34-,35?,36-,38-,39+,40+,41+,43-,44+,45+,46-,48-,49+,53-/m1/s1. The van der Waals surface area contributed by atoms with Crippen LogP contribution in [0.2, 0.25) is 0 Å². The Morgan fingerprint density at radius 3 is 2.22 bits per heavy atom. The minimum absolute atomic E-state index is 0.0117. The molecule has 390 valence electrons. The Hall–Kier alpha value is -3.14. The summed E-state index contributed by atoms with van der Waals surface area (Å²) in [6, 6.07) is -1.16. The first-order valence-electron chi connectivity index (χ1n) is 25.2. The number of nitrogens with zero attached hydrogens (tertiary/aromatic N) is 1. The van der Waals surface area contributed by atoms with Crippen LogP contribution < -0.4 is 0 Å². The van der Waals surface area contributed by atoms with Gasteiger partial charge in [-0.15, -0.1) is 0 Å². The summed E-state index contributed by atoms with van der Waals surface area (Å²) in [7, 11) is 1.76. The molecule has 0 aromatic carbocycles. The molecule has 2 saturated heterocycles. The molecule has 4 rings (SSSR count). The number of ether oxygens (including phenoxy) is 5. The van der Waals surface area contributed by atoms with Gasteiger partial charge in [-0.1, -0.05) is 71.1 Å². The number of piperidine rings is 1. The van der Waals surface area contributed by atoms with E-state index in [0.717, 1.165) is 12.0 Å². The number of fused-ring (bicyclic) bond motifs is 3. The van der Waals surface area contributed by atoms with Crippen molar-refractivity contribution in [1.82, 2.24) is 4.90 Å². The maximum absolute atomic E-state index is 14.5. The Kier molecular flexibility index (Phi) is 22.5. The third-order valence-electron chi connectivity index (χ3n) is 14.8. The highest BCUT2D eigenvalue weighted by Crippen LogP contribution is 2.45. The predicted molar refractivity (Wildman–Crippen MR) is 263 cm³/mol. The minimum atomic E-state index is -2.79. The number of esters is 1.